The van der Waals surface area contributed by atoms with Crippen LogP contribution in [0.15, 0.2) is 11.6 Å². The van der Waals surface area contributed by atoms with Gasteiger partial charge in [0.25, 0.3) is 0 Å². The molecule has 0 aromatic heterocycles. The van der Waals surface area contributed by atoms with E-state index in [1.807, 2.05) is 11.8 Å². The molecule has 1 aliphatic heterocycles. The Kier molecular flexibility index (Phi) is 5.45. The van der Waals surface area contributed by atoms with Gasteiger partial charge in [-0.1, -0.05) is 38.8 Å². The number of allylic oxidation sites excluding steroid dienone is 2. The summed E-state index contributed by atoms with van der Waals surface area (Å²) in [6.07, 6.45) is 6.02. The minimum atomic E-state index is 0.147. The molecule has 1 heterocycles. The van der Waals surface area contributed by atoms with Crippen LogP contribution in [0.2, 0.25) is 0 Å². The van der Waals surface area contributed by atoms with Gasteiger partial charge in [-0.2, -0.15) is 11.8 Å². The van der Waals surface area contributed by atoms with Gasteiger partial charge in [0.05, 0.1) is 5.92 Å². The SMILES string of the molecule is CCS[C@@H]1CCCCN(C(=O)[C@@H]2[C@H](C=C(C)C)C2(C)C)C1. The first-order valence-corrected chi connectivity index (χ1v) is 9.48. The number of rotatable bonds is 4. The topological polar surface area (TPSA) is 20.3 Å². The van der Waals surface area contributed by atoms with Crippen molar-refractivity contribution in [2.24, 2.45) is 17.3 Å². The van der Waals surface area contributed by atoms with Crippen molar-refractivity contribution in [3.8, 4) is 0 Å². The first-order chi connectivity index (χ1) is 9.87. The van der Waals surface area contributed by atoms with Crippen LogP contribution in [0.3, 0.4) is 0 Å². The Morgan fingerprint density at radius 2 is 2.05 bits per heavy atom. The van der Waals surface area contributed by atoms with E-state index in [0.29, 0.717) is 17.1 Å². The molecular weight excluding hydrogens is 278 g/mol. The fourth-order valence-electron chi connectivity index (χ4n) is 3.69. The number of nitrogens with zero attached hydrogens (tertiary/aromatic N) is 1. The molecule has 2 nitrogen and oxygen atoms in total. The van der Waals surface area contributed by atoms with Gasteiger partial charge in [-0.3, -0.25) is 4.79 Å². The highest BCUT2D eigenvalue weighted by molar-refractivity contribution is 7.99. The first kappa shape index (κ1) is 16.9. The third kappa shape index (κ3) is 3.85. The molecule has 0 aromatic carbocycles. The molecule has 120 valence electrons. The van der Waals surface area contributed by atoms with Gasteiger partial charge in [-0.25, -0.2) is 0 Å². The molecule has 21 heavy (non-hydrogen) atoms. The molecule has 2 rings (SSSR count). The molecular formula is C18H31NOS. The van der Waals surface area contributed by atoms with Crippen LogP contribution in [0.1, 0.15) is 53.9 Å². The van der Waals surface area contributed by atoms with E-state index >= 15 is 0 Å². The second-order valence-electron chi connectivity index (χ2n) is 7.43. The van der Waals surface area contributed by atoms with Crippen molar-refractivity contribution in [3.05, 3.63) is 11.6 Å². The van der Waals surface area contributed by atoms with Gasteiger partial charge in [0.2, 0.25) is 5.91 Å². The maximum atomic E-state index is 13.0. The summed E-state index contributed by atoms with van der Waals surface area (Å²) in [7, 11) is 0. The molecule has 2 aliphatic rings. The van der Waals surface area contributed by atoms with Gasteiger partial charge in [0.15, 0.2) is 0 Å². The average molecular weight is 310 g/mol. The predicted octanol–water partition coefficient (Wildman–Crippen LogP) is 4.36. The van der Waals surface area contributed by atoms with E-state index in [4.69, 9.17) is 0 Å². The third-order valence-electron chi connectivity index (χ3n) is 5.03. The molecule has 0 spiro atoms. The highest BCUT2D eigenvalue weighted by atomic mass is 32.2. The molecule has 0 bridgehead atoms. The van der Waals surface area contributed by atoms with Crippen molar-refractivity contribution >= 4 is 17.7 Å². The maximum absolute atomic E-state index is 13.0. The van der Waals surface area contributed by atoms with Crippen molar-refractivity contribution in [1.82, 2.24) is 4.90 Å². The molecule has 1 aliphatic carbocycles. The van der Waals surface area contributed by atoms with Gasteiger partial charge >= 0.3 is 0 Å². The molecule has 3 atom stereocenters. The lowest BCUT2D eigenvalue weighted by Gasteiger charge is -2.25. The van der Waals surface area contributed by atoms with E-state index in [0.717, 1.165) is 18.8 Å². The van der Waals surface area contributed by atoms with Crippen molar-refractivity contribution in [2.75, 3.05) is 18.8 Å². The summed E-state index contributed by atoms with van der Waals surface area (Å²) < 4.78 is 0. The molecule has 2 fully saturated rings. The molecule has 0 radical (unpaired) electrons. The second-order valence-corrected chi connectivity index (χ2v) is 9.00. The Balaban J connectivity index is 2.03. The van der Waals surface area contributed by atoms with Crippen LogP contribution in [-0.4, -0.2) is 34.9 Å². The number of hydrogen-bond donors (Lipinski definition) is 0. The molecule has 0 aromatic rings. The molecule has 1 amide bonds. The van der Waals surface area contributed by atoms with Crippen LogP contribution >= 0.6 is 11.8 Å². The zero-order valence-corrected chi connectivity index (χ0v) is 15.1. The van der Waals surface area contributed by atoms with E-state index in [1.54, 1.807) is 0 Å². The number of amides is 1. The number of carbonyl (C=O) groups is 1. The summed E-state index contributed by atoms with van der Waals surface area (Å²) in [4.78, 5) is 15.1. The molecule has 1 saturated heterocycles. The van der Waals surface area contributed by atoms with E-state index in [-0.39, 0.29) is 11.3 Å². The quantitative estimate of drug-likeness (QED) is 0.719. The Hall–Kier alpha value is -0.440. The first-order valence-electron chi connectivity index (χ1n) is 8.43. The molecule has 0 N–H and O–H groups in total. The van der Waals surface area contributed by atoms with Crippen LogP contribution in [0.25, 0.3) is 0 Å². The lowest BCUT2D eigenvalue weighted by atomic mass is 10.1. The minimum Gasteiger partial charge on any atom is -0.341 e. The highest BCUT2D eigenvalue weighted by Crippen LogP contribution is 2.60. The summed E-state index contributed by atoms with van der Waals surface area (Å²) in [6.45, 7) is 12.9. The van der Waals surface area contributed by atoms with Crippen LogP contribution in [0.4, 0.5) is 0 Å². The van der Waals surface area contributed by atoms with Gasteiger partial charge in [0.1, 0.15) is 0 Å². The number of thioether (sulfide) groups is 1. The summed E-state index contributed by atoms with van der Waals surface area (Å²) in [6, 6.07) is 0. The third-order valence-corrected chi connectivity index (χ3v) is 6.22. The van der Waals surface area contributed by atoms with Crippen molar-refractivity contribution < 1.29 is 4.79 Å². The number of likely N-dealkylation sites (tertiary alicyclic amines) is 1. The van der Waals surface area contributed by atoms with Crippen LogP contribution in [0, 0.1) is 17.3 Å². The minimum absolute atomic E-state index is 0.147. The smallest absolute Gasteiger partial charge is 0.226 e. The Bertz CT molecular complexity index is 411. The van der Waals surface area contributed by atoms with Gasteiger partial charge in [-0.05, 0) is 43.8 Å². The van der Waals surface area contributed by atoms with Crippen LogP contribution in [-0.2, 0) is 4.79 Å². The summed E-state index contributed by atoms with van der Waals surface area (Å²) in [5.74, 6) is 2.21. The lowest BCUT2D eigenvalue weighted by molar-refractivity contribution is -0.133. The Morgan fingerprint density at radius 3 is 2.67 bits per heavy atom. The predicted molar refractivity (Wildman–Crippen MR) is 92.5 cm³/mol. The van der Waals surface area contributed by atoms with Gasteiger partial charge < -0.3 is 4.90 Å². The summed E-state index contributed by atoms with van der Waals surface area (Å²) in [5, 5.41) is 0.644. The molecule has 0 unspecified atom stereocenters. The fourth-order valence-corrected chi connectivity index (χ4v) is 4.78. The molecule has 1 saturated carbocycles. The monoisotopic (exact) mass is 309 g/mol. The fraction of sp³-hybridized carbons (Fsp3) is 0.833. The standard InChI is InChI=1S/C18H31NOS/c1-6-21-14-9-7-8-10-19(12-14)17(20)16-15(11-13(2)3)18(16,4)5/h11,14-16H,6-10,12H2,1-5H3/t14-,15+,16+/m1/s1. The summed E-state index contributed by atoms with van der Waals surface area (Å²) in [5.41, 5.74) is 1.48. The van der Waals surface area contributed by atoms with E-state index < -0.39 is 0 Å². The van der Waals surface area contributed by atoms with E-state index in [2.05, 4.69) is 45.6 Å². The Morgan fingerprint density at radius 1 is 1.33 bits per heavy atom. The van der Waals surface area contributed by atoms with E-state index in [9.17, 15) is 4.79 Å². The lowest BCUT2D eigenvalue weighted by Crippen LogP contribution is -2.37. The number of hydrogen-bond acceptors (Lipinski definition) is 2. The van der Waals surface area contributed by atoms with Crippen molar-refractivity contribution in [3.63, 3.8) is 0 Å². The Labute approximate surface area is 134 Å². The van der Waals surface area contributed by atoms with Crippen LogP contribution < -0.4 is 0 Å². The molecule has 3 heteroatoms. The summed E-state index contributed by atoms with van der Waals surface area (Å²) >= 11 is 2.02. The average Bonchev–Trinajstić information content (AvgIpc) is 3.01. The van der Waals surface area contributed by atoms with Crippen molar-refractivity contribution in [2.45, 2.75) is 59.1 Å². The normalized spacial score (nSPS) is 31.5. The largest absolute Gasteiger partial charge is 0.341 e. The second kappa shape index (κ2) is 6.76. The highest BCUT2D eigenvalue weighted by Gasteiger charge is 2.61. The zero-order valence-electron chi connectivity index (χ0n) is 14.3. The number of carbonyl (C=O) groups excluding carboxylic acids is 1. The van der Waals surface area contributed by atoms with Gasteiger partial charge in [0, 0.05) is 18.3 Å². The van der Waals surface area contributed by atoms with Crippen LogP contribution in [0.5, 0.6) is 0 Å². The maximum Gasteiger partial charge on any atom is 0.226 e. The van der Waals surface area contributed by atoms with Gasteiger partial charge in [-0.15, -0.1) is 0 Å². The van der Waals surface area contributed by atoms with Crippen molar-refractivity contribution in [1.29, 1.82) is 0 Å². The zero-order chi connectivity index (χ0) is 15.6. The van der Waals surface area contributed by atoms with E-state index in [1.165, 1.54) is 24.8 Å².